The summed E-state index contributed by atoms with van der Waals surface area (Å²) in [7, 11) is 2.70. The molecule has 2 aromatic rings. The highest BCUT2D eigenvalue weighted by Crippen LogP contribution is 2.24. The first kappa shape index (κ1) is 16.4. The van der Waals surface area contributed by atoms with E-state index in [9.17, 15) is 4.79 Å². The Bertz CT molecular complexity index is 747. The maximum absolute atomic E-state index is 11.7. The minimum absolute atomic E-state index is 0.0394. The summed E-state index contributed by atoms with van der Waals surface area (Å²) in [5.74, 6) is -0.154. The Morgan fingerprint density at radius 3 is 2.70 bits per heavy atom. The molecule has 0 spiro atoms. The number of methoxy groups -OCH3 is 2. The summed E-state index contributed by atoms with van der Waals surface area (Å²) in [6, 6.07) is 7.40. The van der Waals surface area contributed by atoms with E-state index in [1.165, 1.54) is 20.5 Å². The van der Waals surface area contributed by atoms with Crippen LogP contribution in [0.5, 0.6) is 5.75 Å². The highest BCUT2D eigenvalue weighted by atomic mass is 16.6. The lowest BCUT2D eigenvalue weighted by Crippen LogP contribution is -2.12. The van der Waals surface area contributed by atoms with Gasteiger partial charge in [0.25, 0.3) is 0 Å². The number of ether oxygens (including phenoxy) is 3. The van der Waals surface area contributed by atoms with Crippen molar-refractivity contribution in [2.45, 2.75) is 6.92 Å². The van der Waals surface area contributed by atoms with Crippen LogP contribution >= 0.6 is 0 Å². The summed E-state index contributed by atoms with van der Waals surface area (Å²) in [6.45, 7) is 5.56. The van der Waals surface area contributed by atoms with Crippen molar-refractivity contribution < 1.29 is 19.0 Å². The normalized spacial score (nSPS) is 11.0. The van der Waals surface area contributed by atoms with Crippen molar-refractivity contribution in [1.29, 1.82) is 0 Å². The Balaban J connectivity index is 2.35. The molecule has 1 aromatic heterocycles. The molecule has 0 radical (unpaired) electrons. The van der Waals surface area contributed by atoms with Gasteiger partial charge in [0.2, 0.25) is 5.76 Å². The van der Waals surface area contributed by atoms with Crippen LogP contribution in [0.3, 0.4) is 0 Å². The number of carbonyl (C=O) groups excluding carboxylic acids is 1. The molecule has 2 rings (SSSR count). The zero-order chi connectivity index (χ0) is 16.8. The summed E-state index contributed by atoms with van der Waals surface area (Å²) in [5.41, 5.74) is 2.42. The second-order valence-electron chi connectivity index (χ2n) is 4.65. The van der Waals surface area contributed by atoms with E-state index in [0.717, 1.165) is 16.9 Å². The number of hydrogen-bond acceptors (Lipinski definition) is 5. The van der Waals surface area contributed by atoms with Crippen LogP contribution in [0.25, 0.3) is 11.8 Å². The molecule has 0 fully saturated rings. The Kier molecular flexibility index (Phi) is 5.19. The fraction of sp³-hybridized carbons (Fsp3) is 0.176. The van der Waals surface area contributed by atoms with Crippen molar-refractivity contribution >= 4 is 12.0 Å². The molecule has 0 aliphatic heterocycles. The van der Waals surface area contributed by atoms with Gasteiger partial charge in [-0.15, -0.1) is 0 Å². The van der Waals surface area contributed by atoms with Crippen LogP contribution in [0.15, 0.2) is 49.1 Å². The average molecular weight is 314 g/mol. The molecule has 0 saturated carbocycles. The third kappa shape index (κ3) is 3.79. The Morgan fingerprint density at radius 1 is 1.30 bits per heavy atom. The number of hydrogen-bond donors (Lipinski definition) is 0. The van der Waals surface area contributed by atoms with Crippen molar-refractivity contribution in [3.05, 3.63) is 60.3 Å². The molecule has 0 aliphatic carbocycles. The molecule has 0 aliphatic rings. The van der Waals surface area contributed by atoms with Gasteiger partial charge in [0.15, 0.2) is 0 Å². The van der Waals surface area contributed by atoms with E-state index in [-0.39, 0.29) is 5.76 Å². The molecule has 6 nitrogen and oxygen atoms in total. The molecule has 0 saturated heterocycles. The van der Waals surface area contributed by atoms with Crippen LogP contribution in [0.1, 0.15) is 11.3 Å². The molecule has 23 heavy (non-hydrogen) atoms. The van der Waals surface area contributed by atoms with Crippen LogP contribution in [-0.2, 0) is 14.3 Å². The third-order valence-electron chi connectivity index (χ3n) is 3.09. The molecule has 0 unspecified atom stereocenters. The Labute approximate surface area is 134 Å². The molecular formula is C17H18N2O4. The lowest BCUT2D eigenvalue weighted by Gasteiger charge is -2.12. The summed E-state index contributed by atoms with van der Waals surface area (Å²) in [6.07, 6.45) is 4.68. The molecule has 0 amide bonds. The molecule has 0 atom stereocenters. The van der Waals surface area contributed by atoms with E-state index in [4.69, 9.17) is 9.47 Å². The van der Waals surface area contributed by atoms with Crippen LogP contribution in [0, 0.1) is 6.92 Å². The summed E-state index contributed by atoms with van der Waals surface area (Å²) >= 11 is 0. The monoisotopic (exact) mass is 314 g/mol. The van der Waals surface area contributed by atoms with E-state index in [2.05, 4.69) is 16.4 Å². The number of benzene rings is 1. The fourth-order valence-corrected chi connectivity index (χ4v) is 1.87. The number of carbonyl (C=O) groups is 1. The first-order valence-electron chi connectivity index (χ1n) is 6.87. The van der Waals surface area contributed by atoms with Crippen molar-refractivity contribution in [2.24, 2.45) is 0 Å². The quantitative estimate of drug-likeness (QED) is 0.466. The van der Waals surface area contributed by atoms with Gasteiger partial charge in [-0.3, -0.25) is 0 Å². The number of aromatic nitrogens is 2. The van der Waals surface area contributed by atoms with Crippen molar-refractivity contribution in [3.63, 3.8) is 0 Å². The van der Waals surface area contributed by atoms with Crippen LogP contribution < -0.4 is 4.74 Å². The Hall–Kier alpha value is -3.02. The van der Waals surface area contributed by atoms with Gasteiger partial charge in [-0.05, 0) is 30.7 Å². The molecule has 120 valence electrons. The number of esters is 1. The van der Waals surface area contributed by atoms with Crippen LogP contribution in [0.2, 0.25) is 0 Å². The van der Waals surface area contributed by atoms with Crippen LogP contribution in [-0.4, -0.2) is 30.0 Å². The van der Waals surface area contributed by atoms with E-state index in [1.807, 2.05) is 31.3 Å². The van der Waals surface area contributed by atoms with Crippen LogP contribution in [0.4, 0.5) is 0 Å². The van der Waals surface area contributed by atoms with Crippen molar-refractivity contribution in [2.75, 3.05) is 14.2 Å². The van der Waals surface area contributed by atoms with Gasteiger partial charge in [-0.1, -0.05) is 12.6 Å². The summed E-state index contributed by atoms with van der Waals surface area (Å²) < 4.78 is 16.9. The highest BCUT2D eigenvalue weighted by Gasteiger charge is 2.15. The fourth-order valence-electron chi connectivity index (χ4n) is 1.87. The molecule has 1 heterocycles. The lowest BCUT2D eigenvalue weighted by molar-refractivity contribution is -0.138. The Morgan fingerprint density at radius 2 is 2.09 bits per heavy atom. The molecular weight excluding hydrogens is 296 g/mol. The second kappa shape index (κ2) is 7.31. The van der Waals surface area contributed by atoms with E-state index >= 15 is 0 Å². The van der Waals surface area contributed by atoms with Gasteiger partial charge < -0.3 is 14.2 Å². The minimum Gasteiger partial charge on any atom is -0.500 e. The topological polar surface area (TPSA) is 62.6 Å². The first-order valence-corrected chi connectivity index (χ1v) is 6.87. The van der Waals surface area contributed by atoms with Crippen molar-refractivity contribution in [1.82, 2.24) is 9.78 Å². The minimum atomic E-state index is -0.621. The number of aryl methyl sites for hydroxylation is 1. The van der Waals surface area contributed by atoms with E-state index < -0.39 is 5.97 Å². The highest BCUT2D eigenvalue weighted by molar-refractivity contribution is 5.86. The third-order valence-corrected chi connectivity index (χ3v) is 3.09. The zero-order valence-corrected chi connectivity index (χ0v) is 13.3. The molecule has 0 N–H and O–H groups in total. The summed E-state index contributed by atoms with van der Waals surface area (Å²) in [5, 5.41) is 4.35. The standard InChI is InChI=1S/C17H18N2O4/c1-5-13-8-9-19(18-13)14-7-6-12(2)15(10-14)23-16(11-21-3)17(20)22-4/h5-11H,1H2,2-4H3/b16-11-. The van der Waals surface area contributed by atoms with Gasteiger partial charge in [0.05, 0.1) is 25.6 Å². The predicted octanol–water partition coefficient (Wildman–Crippen LogP) is 2.86. The van der Waals surface area contributed by atoms with Gasteiger partial charge in [-0.25, -0.2) is 9.48 Å². The average Bonchev–Trinajstić information content (AvgIpc) is 3.04. The SMILES string of the molecule is C=Cc1ccn(-c2ccc(C)c(O/C(=C\OC)C(=O)OC)c2)n1. The lowest BCUT2D eigenvalue weighted by atomic mass is 10.2. The summed E-state index contributed by atoms with van der Waals surface area (Å²) in [4.78, 5) is 11.7. The van der Waals surface area contributed by atoms with Gasteiger partial charge >= 0.3 is 5.97 Å². The largest absolute Gasteiger partial charge is 0.500 e. The zero-order valence-electron chi connectivity index (χ0n) is 13.3. The van der Waals surface area contributed by atoms with Gasteiger partial charge in [0, 0.05) is 12.3 Å². The predicted molar refractivity (Wildman–Crippen MR) is 86.1 cm³/mol. The maximum Gasteiger partial charge on any atom is 0.377 e. The molecule has 6 heteroatoms. The second-order valence-corrected chi connectivity index (χ2v) is 4.65. The van der Waals surface area contributed by atoms with E-state index in [0.29, 0.717) is 5.75 Å². The smallest absolute Gasteiger partial charge is 0.377 e. The molecule has 1 aromatic carbocycles. The van der Waals surface area contributed by atoms with Gasteiger partial charge in [0.1, 0.15) is 12.0 Å². The first-order chi connectivity index (χ1) is 11.1. The molecule has 0 bridgehead atoms. The van der Waals surface area contributed by atoms with Gasteiger partial charge in [-0.2, -0.15) is 5.10 Å². The number of nitrogens with zero attached hydrogens (tertiary/aromatic N) is 2. The van der Waals surface area contributed by atoms with E-state index in [1.54, 1.807) is 16.8 Å². The van der Waals surface area contributed by atoms with Crippen molar-refractivity contribution in [3.8, 4) is 11.4 Å². The number of rotatable bonds is 6. The maximum atomic E-state index is 11.7.